The van der Waals surface area contributed by atoms with E-state index in [1.54, 1.807) is 18.2 Å². The monoisotopic (exact) mass is 239 g/mol. The van der Waals surface area contributed by atoms with Crippen molar-refractivity contribution in [2.24, 2.45) is 0 Å². The van der Waals surface area contributed by atoms with E-state index in [0.29, 0.717) is 10.9 Å². The fraction of sp³-hybridized carbons (Fsp3) is 0. The second-order valence-corrected chi connectivity index (χ2v) is 3.62. The average molecular weight is 240 g/mol. The highest BCUT2D eigenvalue weighted by atomic mass is 79.9. The number of hydrogen-bond donors (Lipinski definition) is 2. The Balaban J connectivity index is 2.94. The number of aromatic nitrogens is 1. The third-order valence-electron chi connectivity index (χ3n) is 1.78. The third kappa shape index (κ3) is 1.45. The van der Waals surface area contributed by atoms with Crippen LogP contribution in [-0.4, -0.2) is 10.1 Å². The molecule has 0 saturated heterocycles. The maximum absolute atomic E-state index is 11.0. The van der Waals surface area contributed by atoms with Gasteiger partial charge in [0.25, 0.3) is 5.56 Å². The van der Waals surface area contributed by atoms with E-state index in [9.17, 15) is 9.90 Å². The molecular formula is C9H6BrNO2. The zero-order valence-corrected chi connectivity index (χ0v) is 8.13. The molecule has 0 aliphatic rings. The minimum Gasteiger partial charge on any atom is -0.507 e. The molecule has 2 rings (SSSR count). The number of hydrogen-bond acceptors (Lipinski definition) is 2. The van der Waals surface area contributed by atoms with Gasteiger partial charge in [-0.3, -0.25) is 4.79 Å². The summed E-state index contributed by atoms with van der Waals surface area (Å²) in [5, 5.41) is 10.0. The van der Waals surface area contributed by atoms with Gasteiger partial charge in [0.1, 0.15) is 5.75 Å². The Morgan fingerprint density at radius 3 is 2.85 bits per heavy atom. The minimum atomic E-state index is -0.303. The summed E-state index contributed by atoms with van der Waals surface area (Å²) in [6, 6.07) is 6.46. The zero-order valence-electron chi connectivity index (χ0n) is 6.54. The first-order chi connectivity index (χ1) is 6.16. The van der Waals surface area contributed by atoms with Crippen molar-refractivity contribution < 1.29 is 5.11 Å². The first kappa shape index (κ1) is 8.31. The highest BCUT2D eigenvalue weighted by Gasteiger charge is 2.01. The van der Waals surface area contributed by atoms with Gasteiger partial charge >= 0.3 is 0 Å². The van der Waals surface area contributed by atoms with Gasteiger partial charge in [0.2, 0.25) is 0 Å². The zero-order chi connectivity index (χ0) is 9.42. The highest BCUT2D eigenvalue weighted by molar-refractivity contribution is 9.10. The average Bonchev–Trinajstić information content (AvgIpc) is 2.02. The first-order valence-electron chi connectivity index (χ1n) is 3.68. The second kappa shape index (κ2) is 2.88. The SMILES string of the molecule is O=c1cc(O)c2ccc(Br)cc2[nH]1. The normalized spacial score (nSPS) is 10.5. The summed E-state index contributed by atoms with van der Waals surface area (Å²) in [7, 11) is 0. The van der Waals surface area contributed by atoms with Gasteiger partial charge in [-0.15, -0.1) is 0 Å². The molecule has 0 saturated carbocycles. The number of halogens is 1. The number of pyridine rings is 1. The van der Waals surface area contributed by atoms with Crippen LogP contribution in [0.4, 0.5) is 0 Å². The molecule has 0 radical (unpaired) electrons. The summed E-state index contributed by atoms with van der Waals surface area (Å²) in [4.78, 5) is 13.6. The molecule has 1 aromatic heterocycles. The van der Waals surface area contributed by atoms with Crippen molar-refractivity contribution in [2.45, 2.75) is 0 Å². The van der Waals surface area contributed by atoms with Gasteiger partial charge in [-0.1, -0.05) is 15.9 Å². The van der Waals surface area contributed by atoms with Crippen LogP contribution in [0.2, 0.25) is 0 Å². The van der Waals surface area contributed by atoms with Crippen molar-refractivity contribution in [1.82, 2.24) is 4.98 Å². The Hall–Kier alpha value is -1.29. The van der Waals surface area contributed by atoms with Crippen LogP contribution in [0.15, 0.2) is 33.5 Å². The van der Waals surface area contributed by atoms with Crippen molar-refractivity contribution in [3.05, 3.63) is 39.1 Å². The standard InChI is InChI=1S/C9H6BrNO2/c10-5-1-2-6-7(3-5)11-9(13)4-8(6)12/h1-4H,(H2,11,12,13). The van der Waals surface area contributed by atoms with Crippen LogP contribution >= 0.6 is 15.9 Å². The molecule has 0 unspecified atom stereocenters. The van der Waals surface area contributed by atoms with Crippen LogP contribution in [0.3, 0.4) is 0 Å². The van der Waals surface area contributed by atoms with Crippen LogP contribution in [-0.2, 0) is 0 Å². The predicted molar refractivity (Wildman–Crippen MR) is 53.9 cm³/mol. The maximum atomic E-state index is 11.0. The lowest BCUT2D eigenvalue weighted by Crippen LogP contribution is -2.02. The molecule has 66 valence electrons. The topological polar surface area (TPSA) is 53.1 Å². The summed E-state index contributed by atoms with van der Waals surface area (Å²) >= 11 is 3.28. The van der Waals surface area contributed by atoms with Crippen molar-refractivity contribution in [3.8, 4) is 5.75 Å². The molecule has 2 N–H and O–H groups in total. The van der Waals surface area contributed by atoms with E-state index in [0.717, 1.165) is 10.5 Å². The van der Waals surface area contributed by atoms with E-state index in [1.807, 2.05) is 0 Å². The quantitative estimate of drug-likeness (QED) is 0.739. The lowest BCUT2D eigenvalue weighted by atomic mass is 10.2. The molecule has 4 heteroatoms. The predicted octanol–water partition coefficient (Wildman–Crippen LogP) is 2.00. The van der Waals surface area contributed by atoms with Crippen LogP contribution in [0.5, 0.6) is 5.75 Å². The second-order valence-electron chi connectivity index (χ2n) is 2.71. The number of fused-ring (bicyclic) bond motifs is 1. The Bertz CT molecular complexity index is 518. The molecule has 0 spiro atoms. The molecule has 1 heterocycles. The van der Waals surface area contributed by atoms with Crippen molar-refractivity contribution in [3.63, 3.8) is 0 Å². The number of rotatable bonds is 0. The van der Waals surface area contributed by atoms with E-state index < -0.39 is 0 Å². The van der Waals surface area contributed by atoms with Crippen LogP contribution in [0.25, 0.3) is 10.9 Å². The van der Waals surface area contributed by atoms with Gasteiger partial charge in [0.05, 0.1) is 5.52 Å². The summed E-state index contributed by atoms with van der Waals surface area (Å²) < 4.78 is 0.862. The Kier molecular flexibility index (Phi) is 1.84. The molecule has 0 amide bonds. The molecule has 13 heavy (non-hydrogen) atoms. The largest absolute Gasteiger partial charge is 0.507 e. The van der Waals surface area contributed by atoms with E-state index >= 15 is 0 Å². The van der Waals surface area contributed by atoms with E-state index in [-0.39, 0.29) is 11.3 Å². The smallest absolute Gasteiger partial charge is 0.252 e. The fourth-order valence-electron chi connectivity index (χ4n) is 1.21. The van der Waals surface area contributed by atoms with Crippen LogP contribution in [0, 0.1) is 0 Å². The van der Waals surface area contributed by atoms with E-state index in [4.69, 9.17) is 0 Å². The van der Waals surface area contributed by atoms with Gasteiger partial charge in [0, 0.05) is 15.9 Å². The van der Waals surface area contributed by atoms with Crippen molar-refractivity contribution in [1.29, 1.82) is 0 Å². The molecule has 1 aromatic carbocycles. The van der Waals surface area contributed by atoms with E-state index in [1.165, 1.54) is 0 Å². The van der Waals surface area contributed by atoms with Gasteiger partial charge in [-0.2, -0.15) is 0 Å². The number of aromatic hydroxyl groups is 1. The molecule has 2 aromatic rings. The van der Waals surface area contributed by atoms with Gasteiger partial charge in [-0.05, 0) is 18.2 Å². The third-order valence-corrected chi connectivity index (χ3v) is 2.28. The van der Waals surface area contributed by atoms with Gasteiger partial charge in [0.15, 0.2) is 0 Å². The van der Waals surface area contributed by atoms with Crippen molar-refractivity contribution in [2.75, 3.05) is 0 Å². The number of H-pyrrole nitrogens is 1. The van der Waals surface area contributed by atoms with Crippen LogP contribution < -0.4 is 5.56 Å². The van der Waals surface area contributed by atoms with Gasteiger partial charge < -0.3 is 10.1 Å². The number of benzene rings is 1. The summed E-state index contributed by atoms with van der Waals surface area (Å²) in [5.41, 5.74) is 0.322. The molecule has 0 aliphatic carbocycles. The molecule has 0 atom stereocenters. The molecule has 0 bridgehead atoms. The first-order valence-corrected chi connectivity index (χ1v) is 4.48. The Labute approximate surface area is 82.2 Å². The number of nitrogens with one attached hydrogen (secondary N) is 1. The van der Waals surface area contributed by atoms with Gasteiger partial charge in [-0.25, -0.2) is 0 Å². The fourth-order valence-corrected chi connectivity index (χ4v) is 1.58. The summed E-state index contributed by atoms with van der Waals surface area (Å²) in [6.45, 7) is 0. The number of aromatic amines is 1. The molecule has 0 fully saturated rings. The lowest BCUT2D eigenvalue weighted by Gasteiger charge is -1.99. The van der Waals surface area contributed by atoms with E-state index in [2.05, 4.69) is 20.9 Å². The van der Waals surface area contributed by atoms with Crippen LogP contribution in [0.1, 0.15) is 0 Å². The molecular weight excluding hydrogens is 234 g/mol. The summed E-state index contributed by atoms with van der Waals surface area (Å²) in [6.07, 6.45) is 0. The summed E-state index contributed by atoms with van der Waals surface area (Å²) in [5.74, 6) is 0.00579. The van der Waals surface area contributed by atoms with Crippen molar-refractivity contribution >= 4 is 26.8 Å². The minimum absolute atomic E-state index is 0.00579. The highest BCUT2D eigenvalue weighted by Crippen LogP contribution is 2.23. The lowest BCUT2D eigenvalue weighted by molar-refractivity contribution is 0.480. The Morgan fingerprint density at radius 1 is 1.31 bits per heavy atom. The molecule has 0 aliphatic heterocycles. The molecule has 3 nitrogen and oxygen atoms in total. The Morgan fingerprint density at radius 2 is 2.08 bits per heavy atom. The maximum Gasteiger partial charge on any atom is 0.252 e.